The first-order valence-corrected chi connectivity index (χ1v) is 23.8. The summed E-state index contributed by atoms with van der Waals surface area (Å²) in [5.74, 6) is 2.75. The van der Waals surface area contributed by atoms with Crippen LogP contribution in [0.1, 0.15) is 154 Å². The zero-order chi connectivity index (χ0) is 42.4. The number of ether oxygens (including phenoxy) is 2. The fourth-order valence-electron chi connectivity index (χ4n) is 19.4. The molecule has 8 bridgehead atoms. The lowest BCUT2D eigenvalue weighted by Crippen LogP contribution is -2.73. The molecule has 2 aromatic rings. The molecule has 10 aliphatic carbocycles. The summed E-state index contributed by atoms with van der Waals surface area (Å²) >= 11 is 0. The third-order valence-corrected chi connectivity index (χ3v) is 22.9. The van der Waals surface area contributed by atoms with Gasteiger partial charge in [0.05, 0.1) is 22.8 Å². The van der Waals surface area contributed by atoms with E-state index in [1.54, 1.807) is 11.1 Å². The van der Waals surface area contributed by atoms with Crippen LogP contribution in [0.3, 0.4) is 0 Å². The van der Waals surface area contributed by atoms with Gasteiger partial charge in [-0.15, -0.1) is 0 Å². The quantitative estimate of drug-likeness (QED) is 0.206. The molecular weight excluding hydrogens is 743 g/mol. The lowest BCUT2D eigenvalue weighted by atomic mass is 9.35. The Kier molecular flexibility index (Phi) is 6.16. The summed E-state index contributed by atoms with van der Waals surface area (Å²) in [5.41, 5.74) is 7.33. The molecule has 10 fully saturated rings. The van der Waals surface area contributed by atoms with E-state index in [-0.39, 0.29) is 72.9 Å². The van der Waals surface area contributed by atoms with E-state index in [1.165, 1.54) is 47.3 Å². The van der Waals surface area contributed by atoms with Crippen LogP contribution in [0.25, 0.3) is 0 Å². The molecule has 7 nitrogen and oxygen atoms in total. The van der Waals surface area contributed by atoms with E-state index < -0.39 is 11.2 Å². The van der Waals surface area contributed by atoms with Gasteiger partial charge in [-0.1, -0.05) is 79.7 Å². The Labute approximate surface area is 358 Å². The van der Waals surface area contributed by atoms with Crippen LogP contribution in [0.2, 0.25) is 0 Å². The van der Waals surface area contributed by atoms with Crippen LogP contribution >= 0.6 is 0 Å². The number of fused-ring (bicyclic) bond motifs is 4. The van der Waals surface area contributed by atoms with Crippen molar-refractivity contribution in [2.24, 2.45) is 44.3 Å². The summed E-state index contributed by atoms with van der Waals surface area (Å²) < 4.78 is 14.1. The molecule has 14 aliphatic rings. The maximum absolute atomic E-state index is 12.0. The summed E-state index contributed by atoms with van der Waals surface area (Å²) in [6, 6.07) is 10.1. The molecule has 3 N–H and O–H groups in total. The highest BCUT2D eigenvalue weighted by molar-refractivity contribution is 5.67. The third kappa shape index (κ3) is 3.41. The second-order valence-electron chi connectivity index (χ2n) is 26.5. The number of hydrogen-bond donors (Lipinski definition) is 3. The minimum Gasteiger partial charge on any atom is -0.488 e. The smallest absolute Gasteiger partial charge is 0.180 e. The van der Waals surface area contributed by atoms with Crippen LogP contribution in [0, 0.1) is 69.6 Å². The van der Waals surface area contributed by atoms with Crippen molar-refractivity contribution >= 4 is 0 Å². The van der Waals surface area contributed by atoms with Crippen molar-refractivity contribution in [3.8, 4) is 17.7 Å². The first-order chi connectivity index (χ1) is 27.8. The summed E-state index contributed by atoms with van der Waals surface area (Å²) in [6.45, 7) is 26.6. The average molecular weight is 812 g/mol. The molecule has 2 saturated heterocycles. The number of rotatable bonds is 2. The van der Waals surface area contributed by atoms with E-state index in [0.29, 0.717) is 17.6 Å². The van der Waals surface area contributed by atoms with Crippen molar-refractivity contribution in [2.75, 3.05) is 0 Å². The first-order valence-electron chi connectivity index (χ1n) is 23.8. The van der Waals surface area contributed by atoms with E-state index >= 15 is 0 Å². The third-order valence-electron chi connectivity index (χ3n) is 22.9. The maximum atomic E-state index is 12.0. The zero-order valence-corrected chi connectivity index (χ0v) is 38.4. The van der Waals surface area contributed by atoms with E-state index in [9.17, 15) is 15.5 Å². The molecule has 0 aromatic heterocycles. The second-order valence-corrected chi connectivity index (χ2v) is 26.5. The van der Waals surface area contributed by atoms with Gasteiger partial charge in [-0.3, -0.25) is 4.90 Å². The number of nitriles is 1. The summed E-state index contributed by atoms with van der Waals surface area (Å²) in [7, 11) is 0. The number of nitrogens with zero attached hydrogens (tertiary/aromatic N) is 2. The monoisotopic (exact) mass is 812 g/mol. The van der Waals surface area contributed by atoms with Crippen LogP contribution in [-0.4, -0.2) is 61.7 Å². The van der Waals surface area contributed by atoms with Gasteiger partial charge < -0.3 is 25.0 Å². The van der Waals surface area contributed by atoms with Crippen molar-refractivity contribution in [2.45, 2.75) is 205 Å². The maximum Gasteiger partial charge on any atom is 0.180 e. The molecule has 8 saturated carbocycles. The number of benzene rings is 2. The average Bonchev–Trinajstić information content (AvgIpc) is 3.77. The van der Waals surface area contributed by atoms with E-state index in [1.807, 2.05) is 0 Å². The fraction of sp³-hybridized carbons (Fsp3) is 0.755. The van der Waals surface area contributed by atoms with Gasteiger partial charge in [-0.2, -0.15) is 5.26 Å². The molecule has 320 valence electrons. The zero-order valence-electron chi connectivity index (χ0n) is 38.4. The molecule has 6 spiro atoms. The molecule has 0 amide bonds. The molecule has 0 radical (unpaired) electrons. The highest BCUT2D eigenvalue weighted by Gasteiger charge is 2.93. The van der Waals surface area contributed by atoms with Crippen molar-refractivity contribution in [1.82, 2.24) is 10.2 Å². The SMILES string of the molecule is Cc1ccc2c3c1OC1C4(C)CCC5(CC4C(C)(O)C(C)(C)C)[C@@H]4N(C#N)C4(C2)C[C@]315.Cc1ccc2c3c1OC1C4(C)CCC5(CC4C(C)(O)C(C)(C)C)[C@@H]4NC4(C2)C[C@]315. The van der Waals surface area contributed by atoms with Gasteiger partial charge in [0, 0.05) is 55.2 Å². The molecule has 4 heterocycles. The number of aryl methyl sites for hydroxylation is 2. The van der Waals surface area contributed by atoms with Crippen LogP contribution in [0.4, 0.5) is 0 Å². The lowest BCUT2D eigenvalue weighted by molar-refractivity contribution is -0.245. The molecule has 16 rings (SSSR count). The Morgan fingerprint density at radius 3 is 1.70 bits per heavy atom. The second kappa shape index (κ2) is 9.80. The van der Waals surface area contributed by atoms with Gasteiger partial charge in [-0.25, -0.2) is 0 Å². The number of likely N-dealkylation sites (tertiary alicyclic amines) is 1. The Balaban J connectivity index is 0.000000124. The molecule has 12 unspecified atom stereocenters. The van der Waals surface area contributed by atoms with Crippen molar-refractivity contribution < 1.29 is 19.7 Å². The Hall–Kier alpha value is -2.79. The van der Waals surface area contributed by atoms with Gasteiger partial charge in [0.25, 0.3) is 0 Å². The van der Waals surface area contributed by atoms with Gasteiger partial charge >= 0.3 is 0 Å². The molecule has 2 aromatic carbocycles. The van der Waals surface area contributed by atoms with Gasteiger partial charge in [-0.05, 0) is 137 Å². The minimum absolute atomic E-state index is 0.0105. The first kappa shape index (κ1) is 37.7. The normalized spacial score (nSPS) is 50.5. The summed E-state index contributed by atoms with van der Waals surface area (Å²) in [4.78, 5) is 2.15. The molecular formula is C53H69N3O4. The lowest BCUT2D eigenvalue weighted by Gasteiger charge is -2.69. The minimum atomic E-state index is -0.803. The summed E-state index contributed by atoms with van der Waals surface area (Å²) in [5, 5.41) is 38.1. The standard InChI is InChI=1S/C27H34N2O2.C26H35NO2/c1-15-7-8-16-11-26-13-27-18(16)19(15)31-21(27)23(5)9-10-25(27,20(26)29(26)14-28)12-17(23)24(6,30)22(2,3)4;1-14-7-8-15-11-25-13-26-17(15)18(14)29-20(26)22(5)9-10-24(26,19(25)27-25)12-16(22)23(6,28)21(2,3)4/h7-8,17,20-21,30H,9-13H2,1-6H3;7-8,16,19-20,27-28H,9-13H2,1-6H3/t17?,20-,21?,23?,24?,25?,26?,27-,29?;16?,19-,20?,22?,23?,24?,25?,26-/m00/s1. The van der Waals surface area contributed by atoms with Crippen LogP contribution < -0.4 is 14.8 Å². The van der Waals surface area contributed by atoms with Gasteiger partial charge in [0.2, 0.25) is 0 Å². The predicted molar refractivity (Wildman–Crippen MR) is 231 cm³/mol. The topological polar surface area (TPSA) is 108 Å². The van der Waals surface area contributed by atoms with E-state index in [4.69, 9.17) is 9.47 Å². The van der Waals surface area contributed by atoms with Crippen molar-refractivity contribution in [1.29, 1.82) is 5.26 Å². The number of piperidine rings is 2. The Morgan fingerprint density at radius 2 is 1.18 bits per heavy atom. The molecule has 60 heavy (non-hydrogen) atoms. The molecule has 4 aliphatic heterocycles. The Bertz CT molecular complexity index is 2440. The number of aliphatic hydroxyl groups is 2. The van der Waals surface area contributed by atoms with Crippen LogP contribution in [-0.2, 0) is 23.7 Å². The van der Waals surface area contributed by atoms with Crippen molar-refractivity contribution in [3.05, 3.63) is 57.6 Å². The largest absolute Gasteiger partial charge is 0.488 e. The highest BCUT2D eigenvalue weighted by atomic mass is 16.5. The molecule has 7 heteroatoms. The van der Waals surface area contributed by atoms with Crippen LogP contribution in [0.15, 0.2) is 24.3 Å². The number of hydrogen-bond acceptors (Lipinski definition) is 7. The highest BCUT2D eigenvalue weighted by Crippen LogP contribution is 2.87. The predicted octanol–water partition coefficient (Wildman–Crippen LogP) is 8.73. The van der Waals surface area contributed by atoms with E-state index in [0.717, 1.165) is 50.7 Å². The van der Waals surface area contributed by atoms with Gasteiger partial charge in [0.1, 0.15) is 23.7 Å². The van der Waals surface area contributed by atoms with Crippen LogP contribution in [0.5, 0.6) is 11.5 Å². The Morgan fingerprint density at radius 1 is 0.700 bits per heavy atom. The number of nitrogens with one attached hydrogen (secondary N) is 1. The fourth-order valence-corrected chi connectivity index (χ4v) is 19.4. The van der Waals surface area contributed by atoms with Gasteiger partial charge in [0.15, 0.2) is 6.19 Å². The van der Waals surface area contributed by atoms with Crippen molar-refractivity contribution in [3.63, 3.8) is 0 Å². The molecule has 16 atom stereocenters. The summed E-state index contributed by atoms with van der Waals surface area (Å²) in [6.07, 6.45) is 14.2. The van der Waals surface area contributed by atoms with E-state index in [2.05, 4.69) is 124 Å².